The number of aliphatic hydroxyl groups is 1. The van der Waals surface area contributed by atoms with Crippen molar-refractivity contribution in [3.63, 3.8) is 0 Å². The zero-order chi connectivity index (χ0) is 18.4. The molecule has 1 amide bonds. The maximum atomic E-state index is 12.2. The molecule has 1 aromatic heterocycles. The molecule has 0 unspecified atom stereocenters. The van der Waals surface area contributed by atoms with Gasteiger partial charge in [0.05, 0.1) is 6.10 Å². The summed E-state index contributed by atoms with van der Waals surface area (Å²) >= 11 is 0. The van der Waals surface area contributed by atoms with Crippen LogP contribution in [0.1, 0.15) is 72.4 Å². The van der Waals surface area contributed by atoms with Gasteiger partial charge in [-0.05, 0) is 58.4 Å². The highest BCUT2D eigenvalue weighted by atomic mass is 16.5. The quantitative estimate of drug-likeness (QED) is 0.522. The predicted octanol–water partition coefficient (Wildman–Crippen LogP) is 2.85. The Kier molecular flexibility index (Phi) is 6.82. The summed E-state index contributed by atoms with van der Waals surface area (Å²) in [5.41, 5.74) is 3.75. The summed E-state index contributed by atoms with van der Waals surface area (Å²) in [7, 11) is 0. The molecule has 0 saturated heterocycles. The first kappa shape index (κ1) is 19.2. The molecular weight excluding hydrogens is 320 g/mol. The van der Waals surface area contributed by atoms with Crippen molar-refractivity contribution in [2.24, 2.45) is 0 Å². The summed E-state index contributed by atoms with van der Waals surface area (Å²) in [4.78, 5) is 26.9. The monoisotopic (exact) mass is 348 g/mol. The number of amides is 1. The van der Waals surface area contributed by atoms with Gasteiger partial charge in [0.2, 0.25) is 0 Å². The van der Waals surface area contributed by atoms with Gasteiger partial charge in [0.15, 0.2) is 6.61 Å². The molecule has 0 radical (unpaired) electrons. The number of carbonyl (C=O) groups is 2. The van der Waals surface area contributed by atoms with E-state index >= 15 is 0 Å². The van der Waals surface area contributed by atoms with Crippen LogP contribution in [0.2, 0.25) is 0 Å². The molecule has 1 aliphatic rings. The van der Waals surface area contributed by atoms with E-state index in [2.05, 4.69) is 16.4 Å². The second-order valence-corrected chi connectivity index (χ2v) is 6.62. The Labute approximate surface area is 148 Å². The maximum Gasteiger partial charge on any atom is 0.355 e. The van der Waals surface area contributed by atoms with Crippen LogP contribution < -0.4 is 5.32 Å². The summed E-state index contributed by atoms with van der Waals surface area (Å²) in [6.07, 6.45) is 7.15. The van der Waals surface area contributed by atoms with Gasteiger partial charge in [-0.25, -0.2) is 4.79 Å². The Morgan fingerprint density at radius 3 is 2.72 bits per heavy atom. The topological polar surface area (TPSA) is 91.4 Å². The van der Waals surface area contributed by atoms with Crippen LogP contribution >= 0.6 is 0 Å². The minimum atomic E-state index is -0.671. The first-order chi connectivity index (χ1) is 11.9. The van der Waals surface area contributed by atoms with Crippen LogP contribution in [0.4, 0.5) is 0 Å². The molecule has 1 heterocycles. The molecule has 1 atom stereocenters. The number of H-pyrrole nitrogens is 1. The first-order valence-corrected chi connectivity index (χ1v) is 8.89. The Bertz CT molecular complexity index is 659. The van der Waals surface area contributed by atoms with Gasteiger partial charge in [0.25, 0.3) is 5.91 Å². The standard InChI is InChI=1S/C19H28N2O4/c1-12-17(14(3)22)13(2)21-18(12)19(24)25-11-16(23)20-10-9-15-7-5-4-6-8-15/h7,14,21-22H,4-6,8-11H2,1-3H3,(H,20,23)/t14-/m1/s1. The van der Waals surface area contributed by atoms with E-state index in [1.165, 1.54) is 18.4 Å². The number of allylic oxidation sites excluding steroid dienone is 1. The Balaban J connectivity index is 1.78. The highest BCUT2D eigenvalue weighted by Crippen LogP contribution is 2.24. The molecule has 0 aliphatic heterocycles. The number of carbonyl (C=O) groups excluding carboxylic acids is 2. The minimum Gasteiger partial charge on any atom is -0.451 e. The van der Waals surface area contributed by atoms with Gasteiger partial charge in [-0.15, -0.1) is 0 Å². The molecule has 0 spiro atoms. The van der Waals surface area contributed by atoms with Crippen molar-refractivity contribution in [3.8, 4) is 0 Å². The molecule has 25 heavy (non-hydrogen) atoms. The molecule has 0 bridgehead atoms. The van der Waals surface area contributed by atoms with Crippen molar-refractivity contribution in [2.45, 2.75) is 59.0 Å². The van der Waals surface area contributed by atoms with Crippen LogP contribution in [0.25, 0.3) is 0 Å². The molecule has 0 saturated carbocycles. The van der Waals surface area contributed by atoms with Gasteiger partial charge in [-0.3, -0.25) is 4.79 Å². The van der Waals surface area contributed by atoms with Crippen molar-refractivity contribution in [1.82, 2.24) is 10.3 Å². The number of nitrogens with one attached hydrogen (secondary N) is 2. The van der Waals surface area contributed by atoms with E-state index in [0.717, 1.165) is 25.0 Å². The number of rotatable bonds is 7. The van der Waals surface area contributed by atoms with Gasteiger partial charge in [-0.1, -0.05) is 11.6 Å². The Morgan fingerprint density at radius 2 is 2.12 bits per heavy atom. The third kappa shape index (κ3) is 5.19. The lowest BCUT2D eigenvalue weighted by Gasteiger charge is -2.13. The maximum absolute atomic E-state index is 12.2. The van der Waals surface area contributed by atoms with Crippen LogP contribution in [-0.2, 0) is 9.53 Å². The molecule has 2 rings (SSSR count). The first-order valence-electron chi connectivity index (χ1n) is 8.89. The Hall–Kier alpha value is -2.08. The van der Waals surface area contributed by atoms with Crippen LogP contribution in [0, 0.1) is 13.8 Å². The molecule has 0 aromatic carbocycles. The van der Waals surface area contributed by atoms with Crippen LogP contribution in [0.3, 0.4) is 0 Å². The zero-order valence-electron chi connectivity index (χ0n) is 15.3. The number of ether oxygens (including phenoxy) is 1. The highest BCUT2D eigenvalue weighted by molar-refractivity contribution is 5.91. The fourth-order valence-corrected chi connectivity index (χ4v) is 3.34. The van der Waals surface area contributed by atoms with Gasteiger partial charge >= 0.3 is 5.97 Å². The third-order valence-electron chi connectivity index (χ3n) is 4.61. The predicted molar refractivity (Wildman–Crippen MR) is 95.4 cm³/mol. The van der Waals surface area contributed by atoms with E-state index in [1.54, 1.807) is 20.8 Å². The van der Waals surface area contributed by atoms with Crippen LogP contribution in [-0.4, -0.2) is 35.1 Å². The normalized spacial score (nSPS) is 15.4. The summed E-state index contributed by atoms with van der Waals surface area (Å²) in [5, 5.41) is 12.5. The Morgan fingerprint density at radius 1 is 1.36 bits per heavy atom. The third-order valence-corrected chi connectivity index (χ3v) is 4.61. The summed E-state index contributed by atoms with van der Waals surface area (Å²) in [5.74, 6) is -0.890. The summed E-state index contributed by atoms with van der Waals surface area (Å²) < 4.78 is 5.08. The van der Waals surface area contributed by atoms with E-state index in [9.17, 15) is 14.7 Å². The number of aliphatic hydroxyl groups excluding tert-OH is 1. The largest absolute Gasteiger partial charge is 0.451 e. The fourth-order valence-electron chi connectivity index (χ4n) is 3.34. The smallest absolute Gasteiger partial charge is 0.355 e. The molecule has 3 N–H and O–H groups in total. The molecule has 1 aliphatic carbocycles. The number of hydrogen-bond acceptors (Lipinski definition) is 4. The van der Waals surface area contributed by atoms with E-state index in [4.69, 9.17) is 4.74 Å². The molecular formula is C19H28N2O4. The van der Waals surface area contributed by atoms with Gasteiger partial charge in [0, 0.05) is 17.8 Å². The van der Waals surface area contributed by atoms with E-state index in [-0.39, 0.29) is 18.2 Å². The number of esters is 1. The number of aryl methyl sites for hydroxylation is 1. The lowest BCUT2D eigenvalue weighted by Crippen LogP contribution is -2.30. The molecule has 1 aromatic rings. The second kappa shape index (κ2) is 8.85. The average molecular weight is 348 g/mol. The summed E-state index contributed by atoms with van der Waals surface area (Å²) in [6.45, 7) is 5.44. The molecule has 6 heteroatoms. The number of hydrogen-bond donors (Lipinski definition) is 3. The van der Waals surface area contributed by atoms with Crippen molar-refractivity contribution in [2.75, 3.05) is 13.2 Å². The molecule has 6 nitrogen and oxygen atoms in total. The lowest BCUT2D eigenvalue weighted by molar-refractivity contribution is -0.124. The van der Waals surface area contributed by atoms with Gasteiger partial charge in [-0.2, -0.15) is 0 Å². The minimum absolute atomic E-state index is 0.286. The van der Waals surface area contributed by atoms with E-state index in [0.29, 0.717) is 17.7 Å². The highest BCUT2D eigenvalue weighted by Gasteiger charge is 2.21. The molecule has 138 valence electrons. The SMILES string of the molecule is Cc1[nH]c(C(=O)OCC(=O)NCCC2=CCCCC2)c(C)c1[C@@H](C)O. The van der Waals surface area contributed by atoms with Crippen molar-refractivity contribution in [1.29, 1.82) is 0 Å². The van der Waals surface area contributed by atoms with Crippen LogP contribution in [0.15, 0.2) is 11.6 Å². The lowest BCUT2D eigenvalue weighted by atomic mass is 9.97. The molecule has 0 fully saturated rings. The zero-order valence-corrected chi connectivity index (χ0v) is 15.3. The second-order valence-electron chi connectivity index (χ2n) is 6.62. The van der Waals surface area contributed by atoms with Gasteiger partial charge < -0.3 is 20.1 Å². The van der Waals surface area contributed by atoms with Crippen LogP contribution in [0.5, 0.6) is 0 Å². The van der Waals surface area contributed by atoms with E-state index in [1.807, 2.05) is 0 Å². The van der Waals surface area contributed by atoms with Crippen molar-refractivity contribution < 1.29 is 19.4 Å². The number of aromatic nitrogens is 1. The van der Waals surface area contributed by atoms with E-state index < -0.39 is 12.1 Å². The van der Waals surface area contributed by atoms with Crippen molar-refractivity contribution in [3.05, 3.63) is 34.2 Å². The van der Waals surface area contributed by atoms with Crippen molar-refractivity contribution >= 4 is 11.9 Å². The number of aromatic amines is 1. The summed E-state index contributed by atoms with van der Waals surface area (Å²) in [6, 6.07) is 0. The van der Waals surface area contributed by atoms with Gasteiger partial charge in [0.1, 0.15) is 5.69 Å². The average Bonchev–Trinajstić information content (AvgIpc) is 2.88. The fraction of sp³-hybridized carbons (Fsp3) is 0.579.